The highest BCUT2D eigenvalue weighted by molar-refractivity contribution is 9.10. The number of carbonyl (C=O) groups excluding carboxylic acids is 1. The molecule has 7 heteroatoms. The van der Waals surface area contributed by atoms with Crippen LogP contribution in [0, 0.1) is 0 Å². The van der Waals surface area contributed by atoms with Gasteiger partial charge in [-0.25, -0.2) is 8.42 Å². The summed E-state index contributed by atoms with van der Waals surface area (Å²) in [4.78, 5) is 11.1. The molecule has 1 saturated heterocycles. The molecule has 0 aromatic carbocycles. The van der Waals surface area contributed by atoms with Crippen LogP contribution < -0.4 is 5.32 Å². The van der Waals surface area contributed by atoms with Crippen molar-refractivity contribution in [2.24, 2.45) is 0 Å². The van der Waals surface area contributed by atoms with Gasteiger partial charge in [-0.15, -0.1) is 0 Å². The smallest absolute Gasteiger partial charge is 0.243 e. The van der Waals surface area contributed by atoms with Crippen molar-refractivity contribution >= 4 is 31.7 Å². The largest absolute Gasteiger partial charge is 0.391 e. The van der Waals surface area contributed by atoms with Gasteiger partial charge in [-0.1, -0.05) is 15.9 Å². The minimum atomic E-state index is -3.39. The molecule has 1 aliphatic heterocycles. The van der Waals surface area contributed by atoms with Gasteiger partial charge in [0.15, 0.2) is 19.5 Å². The van der Waals surface area contributed by atoms with Crippen LogP contribution in [0.5, 0.6) is 0 Å². The summed E-state index contributed by atoms with van der Waals surface area (Å²) >= 11 is 2.96. The van der Waals surface area contributed by atoms with E-state index in [9.17, 15) is 18.3 Å². The van der Waals surface area contributed by atoms with Crippen LogP contribution in [0.4, 0.5) is 0 Å². The van der Waals surface area contributed by atoms with Crippen molar-refractivity contribution in [1.29, 1.82) is 0 Å². The molecule has 0 bridgehead atoms. The fourth-order valence-corrected chi connectivity index (χ4v) is 3.70. The number of β-lactam (4-membered cyclic amide) rings is 1. The minimum absolute atomic E-state index is 0.502. The van der Waals surface area contributed by atoms with Crippen LogP contribution in [0.1, 0.15) is 6.92 Å². The Morgan fingerprint density at radius 3 is 2.31 bits per heavy atom. The molecule has 0 aromatic rings. The van der Waals surface area contributed by atoms with Crippen molar-refractivity contribution in [2.45, 2.75) is 22.7 Å². The maximum absolute atomic E-state index is 11.1. The van der Waals surface area contributed by atoms with Gasteiger partial charge in [-0.2, -0.15) is 0 Å². The van der Waals surface area contributed by atoms with Crippen LogP contribution in [-0.2, 0) is 14.6 Å². The first-order valence-corrected chi connectivity index (χ1v) is 6.32. The Morgan fingerprint density at radius 2 is 2.15 bits per heavy atom. The number of alkyl halides is 1. The first-order chi connectivity index (χ1) is 5.70. The van der Waals surface area contributed by atoms with Gasteiger partial charge in [0.25, 0.3) is 0 Å². The molecule has 0 aliphatic carbocycles. The number of hydrogen-bond acceptors (Lipinski definition) is 4. The number of carbonyl (C=O) groups is 1. The second-order valence-corrected chi connectivity index (χ2v) is 6.57. The van der Waals surface area contributed by atoms with Crippen LogP contribution in [0.15, 0.2) is 0 Å². The van der Waals surface area contributed by atoms with E-state index in [0.29, 0.717) is 0 Å². The maximum Gasteiger partial charge on any atom is 0.243 e. The standard InChI is InChI=1S/C6H10BrNO4S/c1-3(9)6(7)4(10)8-5(6)13(2,11)12/h3,5,9H,1-2H3,(H,8,10)/t3-,5-,6-/m1/s1. The molecular formula is C6H10BrNO4S. The number of nitrogens with one attached hydrogen (secondary N) is 1. The average molecular weight is 272 g/mol. The van der Waals surface area contributed by atoms with E-state index in [4.69, 9.17) is 0 Å². The first kappa shape index (κ1) is 10.9. The molecule has 1 heterocycles. The van der Waals surface area contributed by atoms with E-state index in [1.165, 1.54) is 6.92 Å². The van der Waals surface area contributed by atoms with Crippen molar-refractivity contribution in [3.05, 3.63) is 0 Å². The van der Waals surface area contributed by atoms with E-state index >= 15 is 0 Å². The second-order valence-electron chi connectivity index (χ2n) is 3.13. The summed E-state index contributed by atoms with van der Waals surface area (Å²) in [7, 11) is -3.39. The molecule has 1 amide bonds. The number of halogens is 1. The quantitative estimate of drug-likeness (QED) is 0.499. The molecule has 5 nitrogen and oxygen atoms in total. The van der Waals surface area contributed by atoms with Crippen molar-refractivity contribution in [1.82, 2.24) is 5.32 Å². The van der Waals surface area contributed by atoms with E-state index in [2.05, 4.69) is 21.2 Å². The fraction of sp³-hybridized carbons (Fsp3) is 0.833. The average Bonchev–Trinajstić information content (AvgIpc) is 1.95. The number of rotatable bonds is 2. The lowest BCUT2D eigenvalue weighted by Gasteiger charge is -2.44. The molecule has 0 spiro atoms. The van der Waals surface area contributed by atoms with Crippen molar-refractivity contribution in [3.63, 3.8) is 0 Å². The van der Waals surface area contributed by atoms with Gasteiger partial charge in [0, 0.05) is 6.26 Å². The molecule has 1 fully saturated rings. The van der Waals surface area contributed by atoms with E-state index in [0.717, 1.165) is 6.26 Å². The van der Waals surface area contributed by atoms with Crippen LogP contribution in [0.3, 0.4) is 0 Å². The van der Waals surface area contributed by atoms with Gasteiger partial charge in [0.1, 0.15) is 0 Å². The Morgan fingerprint density at radius 1 is 1.69 bits per heavy atom. The van der Waals surface area contributed by atoms with Crippen molar-refractivity contribution in [3.8, 4) is 0 Å². The summed E-state index contributed by atoms with van der Waals surface area (Å²) in [5, 5.41) is 10.4. The van der Waals surface area contributed by atoms with Gasteiger partial charge in [0.2, 0.25) is 5.91 Å². The highest BCUT2D eigenvalue weighted by Crippen LogP contribution is 2.36. The van der Waals surface area contributed by atoms with Gasteiger partial charge < -0.3 is 10.4 Å². The molecule has 0 radical (unpaired) electrons. The van der Waals surface area contributed by atoms with Crippen LogP contribution in [-0.4, -0.2) is 41.5 Å². The van der Waals surface area contributed by atoms with Crippen LogP contribution in [0.25, 0.3) is 0 Å². The third-order valence-corrected chi connectivity index (χ3v) is 5.16. The third-order valence-electron chi connectivity index (χ3n) is 2.03. The summed E-state index contributed by atoms with van der Waals surface area (Å²) in [5.74, 6) is -0.502. The lowest BCUT2D eigenvalue weighted by atomic mass is 9.95. The van der Waals surface area contributed by atoms with Crippen molar-refractivity contribution < 1.29 is 18.3 Å². The highest BCUT2D eigenvalue weighted by atomic mass is 79.9. The zero-order chi connectivity index (χ0) is 10.4. The fourth-order valence-electron chi connectivity index (χ4n) is 1.20. The Labute approximate surface area is 84.6 Å². The molecule has 1 rings (SSSR count). The van der Waals surface area contributed by atoms with E-state index in [1.54, 1.807) is 0 Å². The Hall–Kier alpha value is -0.140. The second kappa shape index (κ2) is 2.93. The Bertz CT molecular complexity index is 339. The summed E-state index contributed by atoms with van der Waals surface area (Å²) in [6, 6.07) is 0. The monoisotopic (exact) mass is 271 g/mol. The first-order valence-electron chi connectivity index (χ1n) is 3.57. The summed E-state index contributed by atoms with van der Waals surface area (Å²) in [6.07, 6.45) is -0.0452. The van der Waals surface area contributed by atoms with Gasteiger partial charge in [0.05, 0.1) is 6.10 Å². The predicted molar refractivity (Wildman–Crippen MR) is 50.1 cm³/mol. The van der Waals surface area contributed by atoms with E-state index in [1.807, 2.05) is 0 Å². The molecule has 0 saturated carbocycles. The third kappa shape index (κ3) is 1.49. The maximum atomic E-state index is 11.1. The molecule has 2 N–H and O–H groups in total. The number of aliphatic hydroxyl groups excluding tert-OH is 1. The molecule has 13 heavy (non-hydrogen) atoms. The highest BCUT2D eigenvalue weighted by Gasteiger charge is 2.61. The molecule has 0 aromatic heterocycles. The molecule has 0 unspecified atom stereocenters. The normalized spacial score (nSPS) is 36.3. The number of hydrogen-bond donors (Lipinski definition) is 2. The predicted octanol–water partition coefficient (Wildman–Crippen LogP) is -0.999. The van der Waals surface area contributed by atoms with Crippen LogP contribution in [0.2, 0.25) is 0 Å². The summed E-state index contributed by atoms with van der Waals surface area (Å²) in [6.45, 7) is 1.37. The number of sulfone groups is 1. The van der Waals surface area contributed by atoms with Crippen LogP contribution >= 0.6 is 15.9 Å². The molecule has 76 valence electrons. The van der Waals surface area contributed by atoms with Crippen molar-refractivity contribution in [2.75, 3.05) is 6.26 Å². The van der Waals surface area contributed by atoms with Gasteiger partial charge in [-0.3, -0.25) is 4.79 Å². The molecule has 3 atom stereocenters. The summed E-state index contributed by atoms with van der Waals surface area (Å²) in [5.41, 5.74) is 0. The lowest BCUT2D eigenvalue weighted by molar-refractivity contribution is -0.133. The Balaban J connectivity index is 3.03. The zero-order valence-electron chi connectivity index (χ0n) is 7.11. The minimum Gasteiger partial charge on any atom is -0.391 e. The van der Waals surface area contributed by atoms with Gasteiger partial charge >= 0.3 is 0 Å². The SMILES string of the molecule is C[C@@H](O)[C@@]1(Br)C(=O)N[C@@H]1S(C)(=O)=O. The zero-order valence-corrected chi connectivity index (χ0v) is 9.52. The lowest BCUT2D eigenvalue weighted by Crippen LogP contribution is -2.75. The molecule has 1 aliphatic rings. The number of aliphatic hydroxyl groups is 1. The van der Waals surface area contributed by atoms with Gasteiger partial charge in [-0.05, 0) is 6.92 Å². The molecular weight excluding hydrogens is 262 g/mol. The topological polar surface area (TPSA) is 83.5 Å². The Kier molecular flexibility index (Phi) is 2.46. The van der Waals surface area contributed by atoms with E-state index < -0.39 is 31.5 Å². The number of amides is 1. The van der Waals surface area contributed by atoms with E-state index in [-0.39, 0.29) is 0 Å². The summed E-state index contributed by atoms with van der Waals surface area (Å²) < 4.78 is 20.9.